The fourth-order valence-corrected chi connectivity index (χ4v) is 5.46. The Morgan fingerprint density at radius 2 is 1.57 bits per heavy atom. The van der Waals surface area contributed by atoms with Gasteiger partial charge < -0.3 is 15.4 Å². The Morgan fingerprint density at radius 3 is 2.23 bits per heavy atom. The Morgan fingerprint density at radius 1 is 0.925 bits per heavy atom. The van der Waals surface area contributed by atoms with Crippen LogP contribution in [0, 0.1) is 0 Å². The molecule has 0 aliphatic carbocycles. The van der Waals surface area contributed by atoms with Gasteiger partial charge in [-0.3, -0.25) is 4.79 Å². The first kappa shape index (κ1) is 25.3. The molecule has 40 heavy (non-hydrogen) atoms. The number of ketones is 1. The highest BCUT2D eigenvalue weighted by Gasteiger charge is 2.33. The normalized spacial score (nSPS) is 11.7. The third-order valence-corrected chi connectivity index (χ3v) is 7.42. The monoisotopic (exact) mass is 558 g/mol. The van der Waals surface area contributed by atoms with Crippen LogP contribution in [0.1, 0.15) is 20.9 Å². The number of alkyl halides is 3. The van der Waals surface area contributed by atoms with Crippen molar-refractivity contribution in [3.63, 3.8) is 0 Å². The summed E-state index contributed by atoms with van der Waals surface area (Å²) in [6, 6.07) is 24.1. The molecule has 0 radical (unpaired) electrons. The lowest BCUT2D eigenvalue weighted by Crippen LogP contribution is -2.39. The molecule has 0 bridgehead atoms. The van der Waals surface area contributed by atoms with Crippen LogP contribution in [0.4, 0.5) is 18.9 Å². The lowest BCUT2D eigenvalue weighted by Gasteiger charge is -2.11. The number of halogens is 3. The van der Waals surface area contributed by atoms with Gasteiger partial charge in [0, 0.05) is 23.1 Å². The van der Waals surface area contributed by atoms with Gasteiger partial charge in [0.25, 0.3) is 5.78 Å². The quantitative estimate of drug-likeness (QED) is 0.212. The van der Waals surface area contributed by atoms with Gasteiger partial charge >= 0.3 is 11.9 Å². The number of hydrogen-bond donors (Lipinski definition) is 1. The lowest BCUT2D eigenvalue weighted by molar-refractivity contribution is -0.672. The summed E-state index contributed by atoms with van der Waals surface area (Å²) in [6.45, 7) is 0. The second-order valence-corrected chi connectivity index (χ2v) is 9.81. The number of thiophene rings is 1. The summed E-state index contributed by atoms with van der Waals surface area (Å²) in [6.07, 6.45) is -4.49. The molecule has 0 fully saturated rings. The van der Waals surface area contributed by atoms with Gasteiger partial charge in [-0.25, -0.2) is 4.98 Å². The van der Waals surface area contributed by atoms with E-state index in [0.29, 0.717) is 32.7 Å². The first-order valence-corrected chi connectivity index (χ1v) is 12.7. The van der Waals surface area contributed by atoms with Gasteiger partial charge in [-0.05, 0) is 34.0 Å². The largest absolute Gasteiger partial charge is 0.539 e. The number of fused-ring (bicyclic) bond motifs is 1. The van der Waals surface area contributed by atoms with Crippen molar-refractivity contribution < 1.29 is 32.3 Å². The number of benzene rings is 3. The molecule has 7 nitrogen and oxygen atoms in total. The number of carbonyl (C=O) groups is 1. The summed E-state index contributed by atoms with van der Waals surface area (Å²) in [5, 5.41) is 16.7. The zero-order valence-corrected chi connectivity index (χ0v) is 21.2. The molecule has 3 heterocycles. The Kier molecular flexibility index (Phi) is 6.07. The van der Waals surface area contributed by atoms with Gasteiger partial charge in [-0.15, -0.1) is 11.3 Å². The van der Waals surface area contributed by atoms with Crippen LogP contribution in [-0.2, 0) is 6.18 Å². The van der Waals surface area contributed by atoms with E-state index in [9.17, 15) is 23.1 Å². The summed E-state index contributed by atoms with van der Waals surface area (Å²) in [5.74, 6) is -1.65. The van der Waals surface area contributed by atoms with Crippen molar-refractivity contribution in [2.24, 2.45) is 0 Å². The van der Waals surface area contributed by atoms with E-state index in [2.05, 4.69) is 5.27 Å². The van der Waals surface area contributed by atoms with Gasteiger partial charge in [0.2, 0.25) is 5.69 Å². The van der Waals surface area contributed by atoms with Crippen LogP contribution in [0.25, 0.3) is 38.3 Å². The van der Waals surface area contributed by atoms with Crippen LogP contribution >= 0.6 is 11.3 Å². The van der Waals surface area contributed by atoms with Crippen molar-refractivity contribution in [3.8, 4) is 34.0 Å². The van der Waals surface area contributed by atoms with E-state index in [4.69, 9.17) is 15.2 Å². The number of nitrogen functional groups attached to an aromatic ring is 1. The zero-order chi connectivity index (χ0) is 28.0. The van der Waals surface area contributed by atoms with E-state index in [1.807, 2.05) is 30.3 Å². The predicted molar refractivity (Wildman–Crippen MR) is 141 cm³/mol. The molecule has 0 amide bonds. The van der Waals surface area contributed by atoms with Gasteiger partial charge in [0.1, 0.15) is 9.71 Å². The van der Waals surface area contributed by atoms with E-state index in [-0.39, 0.29) is 16.3 Å². The average molecular weight is 559 g/mol. The minimum absolute atomic E-state index is 0.0332. The minimum atomic E-state index is -4.49. The van der Waals surface area contributed by atoms with Crippen molar-refractivity contribution in [3.05, 3.63) is 107 Å². The third kappa shape index (κ3) is 4.35. The number of nitrogens with zero attached hydrogens (tertiary/aromatic N) is 3. The fraction of sp³-hybridized carbons (Fsp3) is 0.0345. The molecule has 0 aliphatic rings. The number of para-hydroxylation sites is 1. The predicted octanol–water partition coefficient (Wildman–Crippen LogP) is 5.80. The number of aromatic nitrogens is 3. The fourth-order valence-electron chi connectivity index (χ4n) is 4.40. The van der Waals surface area contributed by atoms with E-state index in [1.165, 1.54) is 12.1 Å². The second kappa shape index (κ2) is 9.62. The highest BCUT2D eigenvalue weighted by molar-refractivity contribution is 7.21. The molecule has 6 aromatic rings. The van der Waals surface area contributed by atoms with E-state index in [1.54, 1.807) is 36.4 Å². The number of pyridine rings is 1. The number of nitrogens with two attached hydrogens (primary N) is 1. The van der Waals surface area contributed by atoms with Crippen LogP contribution < -0.4 is 15.5 Å². The zero-order valence-electron chi connectivity index (χ0n) is 20.3. The van der Waals surface area contributed by atoms with E-state index in [0.717, 1.165) is 33.7 Å². The van der Waals surface area contributed by atoms with Gasteiger partial charge in [-0.2, -0.15) is 13.2 Å². The molecular formula is C29H17F3N4O3S. The molecular weight excluding hydrogens is 541 g/mol. The van der Waals surface area contributed by atoms with Gasteiger partial charge in [0.15, 0.2) is 5.95 Å². The summed E-state index contributed by atoms with van der Waals surface area (Å²) in [7, 11) is 0. The van der Waals surface area contributed by atoms with Crippen LogP contribution in [-0.4, -0.2) is 16.0 Å². The minimum Gasteiger partial charge on any atom is -0.539 e. The summed E-state index contributed by atoms with van der Waals surface area (Å²) < 4.78 is 45.6. The second-order valence-electron chi connectivity index (χ2n) is 8.81. The molecule has 0 aliphatic heterocycles. The maximum atomic E-state index is 13.7. The summed E-state index contributed by atoms with van der Waals surface area (Å²) in [4.78, 5) is 18.9. The van der Waals surface area contributed by atoms with Crippen molar-refractivity contribution >= 4 is 33.0 Å². The first-order chi connectivity index (χ1) is 19.2. The van der Waals surface area contributed by atoms with E-state index >= 15 is 0 Å². The van der Waals surface area contributed by atoms with Gasteiger partial charge in [-0.1, -0.05) is 60.7 Å². The average Bonchev–Trinajstić information content (AvgIpc) is 3.52. The van der Waals surface area contributed by atoms with Crippen molar-refractivity contribution in [1.29, 1.82) is 0 Å². The molecule has 0 unspecified atom stereocenters. The number of carbonyl (C=O) groups excluding carboxylic acids is 1. The lowest BCUT2D eigenvalue weighted by atomic mass is 9.98. The topological polar surface area (TPSA) is 109 Å². The van der Waals surface area contributed by atoms with Crippen molar-refractivity contribution in [2.45, 2.75) is 6.18 Å². The maximum Gasteiger partial charge on any atom is 0.416 e. The van der Waals surface area contributed by atoms with Gasteiger partial charge in [0.05, 0.1) is 22.2 Å². The van der Waals surface area contributed by atoms with Crippen LogP contribution in [0.3, 0.4) is 0 Å². The van der Waals surface area contributed by atoms with Crippen LogP contribution in [0.15, 0.2) is 95.5 Å². The molecule has 6 rings (SSSR count). The standard InChI is InChI=1S/C29H17F3N4O3S/c30-29(31,32)18-13-11-16(12-14-18)20-15-21(17-7-3-1-4-8-17)34-27-22(20)23(33)26(40-27)25(37)24-28(38)39-35-36(24)19-9-5-2-6-10-19/h1-15H,(H2-,33,35,37,38). The Bertz CT molecular complexity index is 1870. The SMILES string of the molecule is Nc1c(C(=O)c2c([O-])on[n+]2-c2ccccc2)sc2nc(-c3ccccc3)cc(-c3ccc(C(F)(F)F)cc3)c12. The molecule has 0 atom stereocenters. The molecule has 198 valence electrons. The Balaban J connectivity index is 1.55. The third-order valence-electron chi connectivity index (χ3n) is 6.32. The highest BCUT2D eigenvalue weighted by atomic mass is 32.1. The highest BCUT2D eigenvalue weighted by Crippen LogP contribution is 2.43. The first-order valence-electron chi connectivity index (χ1n) is 11.9. The Hall–Kier alpha value is -5.03. The number of anilines is 1. The van der Waals surface area contributed by atoms with E-state index < -0.39 is 23.5 Å². The molecule has 0 saturated carbocycles. The molecule has 0 saturated heterocycles. The Labute approximate surface area is 228 Å². The molecule has 3 aromatic heterocycles. The molecule has 0 spiro atoms. The number of rotatable bonds is 5. The van der Waals surface area contributed by atoms with Crippen LogP contribution in [0.2, 0.25) is 0 Å². The summed E-state index contributed by atoms with van der Waals surface area (Å²) in [5.41, 5.74) is 8.12. The maximum absolute atomic E-state index is 13.7. The van der Waals surface area contributed by atoms with Crippen LogP contribution in [0.5, 0.6) is 5.95 Å². The smallest absolute Gasteiger partial charge is 0.416 e. The number of hydrogen-bond acceptors (Lipinski definition) is 7. The molecule has 11 heteroatoms. The van der Waals surface area contributed by atoms with Crippen molar-refractivity contribution in [2.75, 3.05) is 5.73 Å². The molecule has 3 aromatic carbocycles. The molecule has 2 N–H and O–H groups in total. The van der Waals surface area contributed by atoms with Crippen molar-refractivity contribution in [1.82, 2.24) is 10.3 Å². The summed E-state index contributed by atoms with van der Waals surface area (Å²) >= 11 is 0.981.